The molecular weight excluding hydrogens is 200 g/mol. The Labute approximate surface area is 93.8 Å². The van der Waals surface area contributed by atoms with Crippen molar-refractivity contribution >= 4 is 11.5 Å². The normalized spacial score (nSPS) is 9.50. The summed E-state index contributed by atoms with van der Waals surface area (Å²) in [5.74, 6) is 0.762. The Morgan fingerprint density at radius 1 is 1.25 bits per heavy atom. The largest absolute Gasteiger partial charge is 0.373 e. The summed E-state index contributed by atoms with van der Waals surface area (Å²) in [6.07, 6.45) is 1.51. The van der Waals surface area contributed by atoms with Gasteiger partial charge in [-0.2, -0.15) is 0 Å². The Morgan fingerprint density at radius 2 is 2.12 bits per heavy atom. The lowest BCUT2D eigenvalue weighted by molar-refractivity contribution is 1.16. The fraction of sp³-hybridized carbons (Fsp3) is 0.0833. The van der Waals surface area contributed by atoms with E-state index in [1.54, 1.807) is 6.07 Å². The molecule has 78 valence electrons. The number of hydrogen-bond acceptors (Lipinski definition) is 3. The molecule has 0 radical (unpaired) electrons. The van der Waals surface area contributed by atoms with E-state index in [1.807, 2.05) is 31.3 Å². The third-order valence-corrected chi connectivity index (χ3v) is 2.19. The Morgan fingerprint density at radius 3 is 2.88 bits per heavy atom. The van der Waals surface area contributed by atoms with Gasteiger partial charge in [0, 0.05) is 13.1 Å². The molecule has 16 heavy (non-hydrogen) atoms. The van der Waals surface area contributed by atoms with E-state index < -0.39 is 0 Å². The number of hydrogen-bond donors (Lipinski definition) is 1. The molecule has 1 heterocycles. The molecule has 0 saturated heterocycles. The van der Waals surface area contributed by atoms with Gasteiger partial charge in [0.05, 0.1) is 12.3 Å². The van der Waals surface area contributed by atoms with Gasteiger partial charge in [0.25, 0.3) is 0 Å². The molecule has 0 spiro atoms. The number of aromatic nitrogens is 2. The van der Waals surface area contributed by atoms with Crippen LogP contribution in [0.2, 0.25) is 0 Å². The lowest BCUT2D eigenvalue weighted by Crippen LogP contribution is -1.93. The van der Waals surface area contributed by atoms with Crippen LogP contribution in [-0.4, -0.2) is 17.0 Å². The van der Waals surface area contributed by atoms with E-state index in [4.69, 9.17) is 6.57 Å². The van der Waals surface area contributed by atoms with Crippen molar-refractivity contribution in [3.05, 3.63) is 48.1 Å². The van der Waals surface area contributed by atoms with E-state index >= 15 is 0 Å². The molecule has 0 fully saturated rings. The predicted octanol–water partition coefficient (Wildman–Crippen LogP) is 2.74. The molecule has 0 bridgehead atoms. The Hall–Kier alpha value is -2.41. The molecule has 0 aliphatic heterocycles. The van der Waals surface area contributed by atoms with Crippen molar-refractivity contribution in [1.29, 1.82) is 0 Å². The molecule has 0 atom stereocenters. The van der Waals surface area contributed by atoms with E-state index in [9.17, 15) is 0 Å². The van der Waals surface area contributed by atoms with Gasteiger partial charge in [0.15, 0.2) is 5.69 Å². The summed E-state index contributed by atoms with van der Waals surface area (Å²) < 4.78 is 0. The van der Waals surface area contributed by atoms with Crippen molar-refractivity contribution < 1.29 is 0 Å². The monoisotopic (exact) mass is 210 g/mol. The number of nitrogens with zero attached hydrogens (tertiary/aromatic N) is 3. The van der Waals surface area contributed by atoms with Gasteiger partial charge in [-0.1, -0.05) is 18.2 Å². The van der Waals surface area contributed by atoms with Crippen LogP contribution in [-0.2, 0) is 0 Å². The van der Waals surface area contributed by atoms with Gasteiger partial charge in [-0.25, -0.2) is 14.8 Å². The van der Waals surface area contributed by atoms with Gasteiger partial charge in [0.1, 0.15) is 12.1 Å². The maximum Gasteiger partial charge on any atom is 0.187 e. The first-order chi connectivity index (χ1) is 7.83. The molecule has 1 N–H and O–H groups in total. The maximum absolute atomic E-state index is 6.96. The molecule has 0 unspecified atom stereocenters. The standard InChI is InChI=1S/C12H10N4/c1-13-10-5-3-4-9(6-10)11-7-12(14-2)16-8-15-11/h3-8H,2H3,(H,14,15,16). The second-order valence-corrected chi connectivity index (χ2v) is 3.20. The zero-order valence-electron chi connectivity index (χ0n) is 8.81. The number of nitrogens with one attached hydrogen (secondary N) is 1. The smallest absolute Gasteiger partial charge is 0.187 e. The SMILES string of the molecule is [C-]#[N+]c1cccc(-c2cc(NC)ncn2)c1. The minimum absolute atomic E-state index is 0.613. The molecule has 1 aromatic heterocycles. The summed E-state index contributed by atoms with van der Waals surface area (Å²) in [5, 5.41) is 2.95. The van der Waals surface area contributed by atoms with Crippen LogP contribution in [0.15, 0.2) is 36.7 Å². The summed E-state index contributed by atoms with van der Waals surface area (Å²) in [6.45, 7) is 6.96. The topological polar surface area (TPSA) is 42.2 Å². The zero-order valence-corrected chi connectivity index (χ0v) is 8.81. The fourth-order valence-electron chi connectivity index (χ4n) is 1.39. The summed E-state index contributed by atoms with van der Waals surface area (Å²) in [7, 11) is 1.81. The molecule has 2 aromatic rings. The maximum atomic E-state index is 6.96. The summed E-state index contributed by atoms with van der Waals surface area (Å²) in [5.41, 5.74) is 2.35. The molecule has 0 aliphatic carbocycles. The Balaban J connectivity index is 2.46. The summed E-state index contributed by atoms with van der Waals surface area (Å²) >= 11 is 0. The van der Waals surface area contributed by atoms with E-state index in [0.717, 1.165) is 17.1 Å². The minimum Gasteiger partial charge on any atom is -0.373 e. The van der Waals surface area contributed by atoms with Crippen LogP contribution in [0.1, 0.15) is 0 Å². The third-order valence-electron chi connectivity index (χ3n) is 2.19. The number of benzene rings is 1. The molecule has 0 aliphatic rings. The van der Waals surface area contributed by atoms with Crippen LogP contribution < -0.4 is 5.32 Å². The Bertz CT molecular complexity index is 543. The molecule has 0 amide bonds. The first kappa shape index (κ1) is 10.1. The molecule has 2 rings (SSSR count). The van der Waals surface area contributed by atoms with Crippen LogP contribution in [0.3, 0.4) is 0 Å². The molecule has 1 aromatic carbocycles. The highest BCUT2D eigenvalue weighted by molar-refractivity contribution is 5.67. The first-order valence-corrected chi connectivity index (χ1v) is 4.81. The second kappa shape index (κ2) is 4.41. The van der Waals surface area contributed by atoms with Crippen LogP contribution in [0.5, 0.6) is 0 Å². The van der Waals surface area contributed by atoms with E-state index in [2.05, 4.69) is 20.1 Å². The van der Waals surface area contributed by atoms with E-state index in [0.29, 0.717) is 5.69 Å². The van der Waals surface area contributed by atoms with Crippen molar-refractivity contribution in [3.63, 3.8) is 0 Å². The number of rotatable bonds is 2. The van der Waals surface area contributed by atoms with Crippen LogP contribution in [0.25, 0.3) is 16.1 Å². The minimum atomic E-state index is 0.613. The highest BCUT2D eigenvalue weighted by atomic mass is 15.0. The first-order valence-electron chi connectivity index (χ1n) is 4.81. The van der Waals surface area contributed by atoms with E-state index in [-0.39, 0.29) is 0 Å². The van der Waals surface area contributed by atoms with Crippen LogP contribution in [0.4, 0.5) is 11.5 Å². The van der Waals surface area contributed by atoms with Gasteiger partial charge in [-0.3, -0.25) is 0 Å². The molecule has 4 heteroatoms. The second-order valence-electron chi connectivity index (χ2n) is 3.20. The highest BCUT2D eigenvalue weighted by Gasteiger charge is 2.01. The van der Waals surface area contributed by atoms with Gasteiger partial charge in [-0.15, -0.1) is 0 Å². The van der Waals surface area contributed by atoms with E-state index in [1.165, 1.54) is 6.33 Å². The quantitative estimate of drug-likeness (QED) is 0.775. The van der Waals surface area contributed by atoms with Gasteiger partial charge in [-0.05, 0) is 11.6 Å². The number of anilines is 1. The third kappa shape index (κ3) is 1.98. The van der Waals surface area contributed by atoms with Crippen molar-refractivity contribution in [2.75, 3.05) is 12.4 Å². The Kier molecular flexibility index (Phi) is 2.79. The van der Waals surface area contributed by atoms with Crippen LogP contribution in [0, 0.1) is 6.57 Å². The van der Waals surface area contributed by atoms with Crippen molar-refractivity contribution in [1.82, 2.24) is 9.97 Å². The summed E-state index contributed by atoms with van der Waals surface area (Å²) in [4.78, 5) is 11.6. The van der Waals surface area contributed by atoms with Gasteiger partial charge in [0.2, 0.25) is 0 Å². The van der Waals surface area contributed by atoms with Crippen molar-refractivity contribution in [2.24, 2.45) is 0 Å². The summed E-state index contributed by atoms with van der Waals surface area (Å²) in [6, 6.07) is 9.22. The lowest BCUT2D eigenvalue weighted by Gasteiger charge is -2.03. The molecular formula is C12H10N4. The van der Waals surface area contributed by atoms with Gasteiger partial charge >= 0.3 is 0 Å². The zero-order chi connectivity index (χ0) is 11.4. The predicted molar refractivity (Wildman–Crippen MR) is 63.3 cm³/mol. The van der Waals surface area contributed by atoms with Gasteiger partial charge < -0.3 is 5.32 Å². The average molecular weight is 210 g/mol. The van der Waals surface area contributed by atoms with Crippen molar-refractivity contribution in [2.45, 2.75) is 0 Å². The van der Waals surface area contributed by atoms with Crippen LogP contribution >= 0.6 is 0 Å². The lowest BCUT2D eigenvalue weighted by atomic mass is 10.1. The average Bonchev–Trinajstić information content (AvgIpc) is 2.39. The molecule has 4 nitrogen and oxygen atoms in total. The van der Waals surface area contributed by atoms with Crippen molar-refractivity contribution in [3.8, 4) is 11.3 Å². The molecule has 0 saturated carbocycles. The fourth-order valence-corrected chi connectivity index (χ4v) is 1.39. The highest BCUT2D eigenvalue weighted by Crippen LogP contribution is 2.23.